The molecule has 0 spiro atoms. The first-order chi connectivity index (χ1) is 18.8. The van der Waals surface area contributed by atoms with Crippen LogP contribution in [0.1, 0.15) is 43.0 Å². The van der Waals surface area contributed by atoms with E-state index in [0.29, 0.717) is 39.4 Å². The molecule has 9 heteroatoms. The minimum atomic E-state index is -4.46. The fourth-order valence-electron chi connectivity index (χ4n) is 4.20. The molecule has 0 aromatic heterocycles. The Morgan fingerprint density at radius 2 is 1.62 bits per heavy atom. The summed E-state index contributed by atoms with van der Waals surface area (Å²) in [5, 5.41) is 15.3. The van der Waals surface area contributed by atoms with E-state index in [-0.39, 0.29) is 6.42 Å². The highest BCUT2D eigenvalue weighted by Crippen LogP contribution is 2.33. The van der Waals surface area contributed by atoms with E-state index in [9.17, 15) is 27.9 Å². The molecule has 0 saturated carbocycles. The van der Waals surface area contributed by atoms with Gasteiger partial charge in [0.05, 0.1) is 5.56 Å². The number of aliphatic hydroxyl groups is 1. The van der Waals surface area contributed by atoms with Crippen molar-refractivity contribution < 1.29 is 32.6 Å². The highest BCUT2D eigenvalue weighted by molar-refractivity contribution is 6.03. The minimum absolute atomic E-state index is 0.0637. The Hall–Kier alpha value is -4.37. The third kappa shape index (κ3) is 7.18. The molecule has 3 aromatic rings. The number of halogens is 3. The van der Waals surface area contributed by atoms with Gasteiger partial charge in [0.25, 0.3) is 5.91 Å². The van der Waals surface area contributed by atoms with Crippen molar-refractivity contribution in [3.63, 3.8) is 0 Å². The van der Waals surface area contributed by atoms with Crippen LogP contribution < -0.4 is 15.4 Å². The summed E-state index contributed by atoms with van der Waals surface area (Å²) in [7, 11) is 0. The largest absolute Gasteiger partial charge is 0.488 e. The normalized spacial score (nSPS) is 15.9. The van der Waals surface area contributed by atoms with Gasteiger partial charge in [-0.1, -0.05) is 42.5 Å². The number of alkyl halides is 3. The molecule has 1 heterocycles. The molecule has 4 rings (SSSR count). The molecule has 0 bridgehead atoms. The van der Waals surface area contributed by atoms with Gasteiger partial charge in [0.15, 0.2) is 0 Å². The number of fused-ring (bicyclic) bond motifs is 1. The fourth-order valence-corrected chi connectivity index (χ4v) is 4.20. The maximum Gasteiger partial charge on any atom is 0.416 e. The number of hydrogen-bond donors (Lipinski definition) is 3. The van der Waals surface area contributed by atoms with Crippen molar-refractivity contribution in [2.45, 2.75) is 45.1 Å². The van der Waals surface area contributed by atoms with E-state index in [1.807, 2.05) is 20.8 Å². The molecule has 0 fully saturated rings. The van der Waals surface area contributed by atoms with E-state index in [2.05, 4.69) is 10.6 Å². The quantitative estimate of drug-likeness (QED) is 0.246. The number of benzene rings is 3. The van der Waals surface area contributed by atoms with Gasteiger partial charge in [0.2, 0.25) is 5.91 Å². The molecular weight excluding hydrogens is 521 g/mol. The highest BCUT2D eigenvalue weighted by atomic mass is 19.4. The Kier molecular flexibility index (Phi) is 8.16. The Morgan fingerprint density at radius 3 is 2.23 bits per heavy atom. The molecule has 1 atom stereocenters. The van der Waals surface area contributed by atoms with E-state index in [1.54, 1.807) is 48.5 Å². The van der Waals surface area contributed by atoms with E-state index in [4.69, 9.17) is 4.74 Å². The Bertz CT molecular complexity index is 1450. The Labute approximate surface area is 230 Å². The van der Waals surface area contributed by atoms with Crippen LogP contribution in [-0.4, -0.2) is 28.6 Å². The molecule has 40 heavy (non-hydrogen) atoms. The number of rotatable bonds is 6. The summed E-state index contributed by atoms with van der Waals surface area (Å²) in [5.41, 5.74) is 2.26. The molecule has 2 amide bonds. The number of carbonyl (C=O) groups excluding carboxylic acids is 2. The molecule has 208 valence electrons. The van der Waals surface area contributed by atoms with Crippen molar-refractivity contribution in [2.24, 2.45) is 0 Å². The smallest absolute Gasteiger partial charge is 0.416 e. The van der Waals surface area contributed by atoms with Crippen LogP contribution in [0.2, 0.25) is 0 Å². The zero-order valence-corrected chi connectivity index (χ0v) is 22.2. The summed E-state index contributed by atoms with van der Waals surface area (Å²) in [6.07, 6.45) is -1.16. The maximum absolute atomic E-state index is 13.1. The second kappa shape index (κ2) is 11.4. The molecule has 1 unspecified atom stereocenters. The maximum atomic E-state index is 13.1. The van der Waals surface area contributed by atoms with Crippen molar-refractivity contribution in [1.82, 2.24) is 0 Å². The van der Waals surface area contributed by atoms with Crippen LogP contribution in [0, 0.1) is 0 Å². The lowest BCUT2D eigenvalue weighted by molar-refractivity contribution is -0.137. The van der Waals surface area contributed by atoms with Crippen molar-refractivity contribution in [2.75, 3.05) is 10.6 Å². The molecule has 0 saturated heterocycles. The summed E-state index contributed by atoms with van der Waals surface area (Å²) < 4.78 is 45.2. The van der Waals surface area contributed by atoms with Crippen molar-refractivity contribution in [3.05, 3.63) is 107 Å². The molecular formula is C31H29F3N2O4. The number of allylic oxidation sites excluding steroid dienone is 2. The third-order valence-corrected chi connectivity index (χ3v) is 6.01. The number of amides is 2. The summed E-state index contributed by atoms with van der Waals surface area (Å²) >= 11 is 0. The number of nitrogens with one attached hydrogen (secondary N) is 2. The topological polar surface area (TPSA) is 87.7 Å². The van der Waals surface area contributed by atoms with Crippen LogP contribution in [0.15, 0.2) is 85.0 Å². The van der Waals surface area contributed by atoms with Crippen LogP contribution in [0.25, 0.3) is 5.57 Å². The molecule has 1 aliphatic rings. The van der Waals surface area contributed by atoms with Crippen LogP contribution in [-0.2, 0) is 22.2 Å². The molecule has 3 aromatic carbocycles. The van der Waals surface area contributed by atoms with Crippen LogP contribution in [0.3, 0.4) is 0 Å². The summed E-state index contributed by atoms with van der Waals surface area (Å²) in [4.78, 5) is 24.5. The second-order valence-electron chi connectivity index (χ2n) is 10.3. The third-order valence-electron chi connectivity index (χ3n) is 6.01. The zero-order valence-electron chi connectivity index (χ0n) is 22.2. The summed E-state index contributed by atoms with van der Waals surface area (Å²) in [5.74, 6) is -0.322. The van der Waals surface area contributed by atoms with E-state index in [0.717, 1.165) is 12.1 Å². The summed E-state index contributed by atoms with van der Waals surface area (Å²) in [6, 6.07) is 17.0. The van der Waals surface area contributed by atoms with Crippen LogP contribution in [0.4, 0.5) is 24.5 Å². The van der Waals surface area contributed by atoms with Crippen LogP contribution in [0.5, 0.6) is 5.75 Å². The Balaban J connectivity index is 1.60. The molecule has 6 nitrogen and oxygen atoms in total. The van der Waals surface area contributed by atoms with E-state index >= 15 is 0 Å². The molecule has 0 radical (unpaired) electrons. The van der Waals surface area contributed by atoms with Gasteiger partial charge in [-0.2, -0.15) is 13.2 Å². The first kappa shape index (κ1) is 28.6. The fraction of sp³-hybridized carbons (Fsp3) is 0.226. The van der Waals surface area contributed by atoms with E-state index < -0.39 is 35.3 Å². The SMILES string of the molecule is CC(C)(C)Oc1ccc(/C(=C/C=C/C(=O)Nc2cccc3c2CC(O)C(=O)N3)c2ccc(C(F)(F)F)cc2)cc1. The van der Waals surface area contributed by atoms with Gasteiger partial charge < -0.3 is 20.5 Å². The number of carbonyl (C=O) groups is 2. The number of ether oxygens (including phenoxy) is 1. The first-order valence-electron chi connectivity index (χ1n) is 12.6. The van der Waals surface area contributed by atoms with E-state index in [1.165, 1.54) is 24.3 Å². The van der Waals surface area contributed by atoms with Gasteiger partial charge in [-0.3, -0.25) is 9.59 Å². The van der Waals surface area contributed by atoms with Crippen molar-refractivity contribution in [1.29, 1.82) is 0 Å². The van der Waals surface area contributed by atoms with Crippen molar-refractivity contribution >= 4 is 28.8 Å². The van der Waals surface area contributed by atoms with Gasteiger partial charge in [0.1, 0.15) is 17.5 Å². The van der Waals surface area contributed by atoms with Gasteiger partial charge >= 0.3 is 6.18 Å². The standard InChI is InChI=1S/C31H29F3N2O4/c1-30(2,3)40-22-16-12-20(13-17-22)23(19-10-14-21(15-11-19)31(32,33)34)6-4-9-28(38)35-25-7-5-8-26-24(25)18-27(37)29(39)36-26/h4-17,27,37H,18H2,1-3H3,(H,35,38)(H,36,39)/b9-4+,23-6+. The van der Waals surface area contributed by atoms with Crippen LogP contribution >= 0.6 is 0 Å². The lowest BCUT2D eigenvalue weighted by Crippen LogP contribution is -2.34. The highest BCUT2D eigenvalue weighted by Gasteiger charge is 2.30. The monoisotopic (exact) mass is 550 g/mol. The zero-order chi connectivity index (χ0) is 29.1. The lowest BCUT2D eigenvalue weighted by Gasteiger charge is -2.23. The van der Waals surface area contributed by atoms with Crippen molar-refractivity contribution in [3.8, 4) is 5.75 Å². The average Bonchev–Trinajstić information content (AvgIpc) is 2.87. The first-order valence-corrected chi connectivity index (χ1v) is 12.6. The lowest BCUT2D eigenvalue weighted by atomic mass is 9.96. The summed E-state index contributed by atoms with van der Waals surface area (Å²) in [6.45, 7) is 5.77. The van der Waals surface area contributed by atoms with Gasteiger partial charge in [-0.25, -0.2) is 0 Å². The predicted octanol–water partition coefficient (Wildman–Crippen LogP) is 6.36. The molecule has 1 aliphatic heterocycles. The predicted molar refractivity (Wildman–Crippen MR) is 148 cm³/mol. The second-order valence-corrected chi connectivity index (χ2v) is 10.3. The average molecular weight is 551 g/mol. The van der Waals surface area contributed by atoms with Gasteiger partial charge in [-0.05, 0) is 73.9 Å². The number of hydrogen-bond acceptors (Lipinski definition) is 4. The van der Waals surface area contributed by atoms with Gasteiger partial charge in [-0.15, -0.1) is 0 Å². The minimum Gasteiger partial charge on any atom is -0.488 e. The number of aliphatic hydroxyl groups excluding tert-OH is 1. The molecule has 0 aliphatic carbocycles. The Morgan fingerprint density at radius 1 is 1.00 bits per heavy atom. The number of anilines is 2. The van der Waals surface area contributed by atoms with Gasteiger partial charge in [0, 0.05) is 29.4 Å². The molecule has 3 N–H and O–H groups in total.